The largest absolute Gasteiger partial charge is 0.594 e. The van der Waals surface area contributed by atoms with E-state index in [9.17, 15) is 14.8 Å². The van der Waals surface area contributed by atoms with E-state index in [-0.39, 0.29) is 24.6 Å². The Labute approximate surface area is 115 Å². The van der Waals surface area contributed by atoms with Crippen molar-refractivity contribution in [2.45, 2.75) is 13.8 Å². The van der Waals surface area contributed by atoms with Crippen LogP contribution in [0.25, 0.3) is 0 Å². The van der Waals surface area contributed by atoms with Crippen molar-refractivity contribution in [1.82, 2.24) is 5.10 Å². The molecule has 0 bridgehead atoms. The smallest absolute Gasteiger partial charge is 0.347 e. The summed E-state index contributed by atoms with van der Waals surface area (Å²) in [7, 11) is 0. The molecule has 0 saturated heterocycles. The fourth-order valence-corrected chi connectivity index (χ4v) is 1.22. The summed E-state index contributed by atoms with van der Waals surface area (Å²) in [5.41, 5.74) is -0.309. The summed E-state index contributed by atoms with van der Waals surface area (Å²) in [6, 6.07) is 2.96. The average molecular weight is 281 g/mol. The van der Waals surface area contributed by atoms with Gasteiger partial charge in [-0.2, -0.15) is 0 Å². The molecule has 1 aromatic heterocycles. The summed E-state index contributed by atoms with van der Waals surface area (Å²) in [5.74, 6) is -1.46. The van der Waals surface area contributed by atoms with Gasteiger partial charge in [0.05, 0.1) is 13.2 Å². The Morgan fingerprint density at radius 1 is 1.35 bits per heavy atom. The first kappa shape index (κ1) is 15.4. The van der Waals surface area contributed by atoms with Crippen molar-refractivity contribution in [3.8, 4) is 0 Å². The molecular formula is C12H15N3O5. The van der Waals surface area contributed by atoms with Gasteiger partial charge >= 0.3 is 11.9 Å². The van der Waals surface area contributed by atoms with Crippen molar-refractivity contribution in [2.75, 3.05) is 18.5 Å². The first-order valence-corrected chi connectivity index (χ1v) is 5.96. The van der Waals surface area contributed by atoms with Crippen LogP contribution in [-0.2, 0) is 19.1 Å². The highest BCUT2D eigenvalue weighted by atomic mass is 16.6. The van der Waals surface area contributed by atoms with Crippen molar-refractivity contribution in [3.63, 3.8) is 0 Å². The van der Waals surface area contributed by atoms with Gasteiger partial charge in [-0.3, -0.25) is 0 Å². The number of anilines is 1. The number of carbonyl (C=O) groups excluding carboxylic acids is 2. The third-order valence-electron chi connectivity index (χ3n) is 2.03. The van der Waals surface area contributed by atoms with Crippen LogP contribution in [0.3, 0.4) is 0 Å². The third-order valence-corrected chi connectivity index (χ3v) is 2.03. The molecule has 0 amide bonds. The molecule has 108 valence electrons. The van der Waals surface area contributed by atoms with E-state index < -0.39 is 11.9 Å². The van der Waals surface area contributed by atoms with Gasteiger partial charge in [-0.15, -0.1) is 0 Å². The summed E-state index contributed by atoms with van der Waals surface area (Å²) >= 11 is 0. The number of nitrogens with zero attached hydrogens (tertiary/aromatic N) is 2. The van der Waals surface area contributed by atoms with Gasteiger partial charge in [0.15, 0.2) is 11.4 Å². The molecule has 0 unspecified atom stereocenters. The maximum Gasteiger partial charge on any atom is 0.347 e. The summed E-state index contributed by atoms with van der Waals surface area (Å²) in [5, 5.41) is 17.1. The van der Waals surface area contributed by atoms with Crippen LogP contribution in [-0.4, -0.2) is 30.3 Å². The first-order valence-electron chi connectivity index (χ1n) is 5.96. The third kappa shape index (κ3) is 4.56. The highest BCUT2D eigenvalue weighted by Gasteiger charge is 2.21. The summed E-state index contributed by atoms with van der Waals surface area (Å²) in [4.78, 5) is 23.6. The monoisotopic (exact) mass is 281 g/mol. The molecule has 0 aliphatic heterocycles. The van der Waals surface area contributed by atoms with Crippen molar-refractivity contribution >= 4 is 17.8 Å². The van der Waals surface area contributed by atoms with Crippen LogP contribution >= 0.6 is 0 Å². The molecule has 0 radical (unpaired) electrons. The predicted molar refractivity (Wildman–Crippen MR) is 68.2 cm³/mol. The highest BCUT2D eigenvalue weighted by Crippen LogP contribution is 2.05. The Morgan fingerprint density at radius 3 is 2.45 bits per heavy atom. The Balaban J connectivity index is 2.89. The fourth-order valence-electron chi connectivity index (χ4n) is 1.22. The van der Waals surface area contributed by atoms with Crippen molar-refractivity contribution in [1.29, 1.82) is 0 Å². The van der Waals surface area contributed by atoms with Crippen molar-refractivity contribution in [3.05, 3.63) is 35.3 Å². The average Bonchev–Trinajstić information content (AvgIpc) is 2.39. The van der Waals surface area contributed by atoms with E-state index in [1.54, 1.807) is 13.8 Å². The number of carbonyl (C=O) groups is 2. The van der Waals surface area contributed by atoms with Crippen molar-refractivity contribution < 1.29 is 23.9 Å². The van der Waals surface area contributed by atoms with Gasteiger partial charge in [-0.1, -0.05) is 4.85 Å². The maximum atomic E-state index is 11.6. The van der Waals surface area contributed by atoms with Gasteiger partial charge in [0.2, 0.25) is 6.20 Å². The maximum absolute atomic E-state index is 11.6. The van der Waals surface area contributed by atoms with Gasteiger partial charge in [0, 0.05) is 17.4 Å². The minimum Gasteiger partial charge on any atom is -0.594 e. The molecular weight excluding hydrogens is 266 g/mol. The van der Waals surface area contributed by atoms with E-state index in [1.165, 1.54) is 18.3 Å². The Morgan fingerprint density at radius 2 is 1.95 bits per heavy atom. The van der Waals surface area contributed by atoms with Crippen LogP contribution in [0.15, 0.2) is 30.1 Å². The topological polar surface area (TPSA) is 104 Å². The zero-order chi connectivity index (χ0) is 15.0. The fraction of sp³-hybridized carbons (Fsp3) is 0.333. The number of rotatable bonds is 6. The normalized spacial score (nSPS) is 9.50. The Kier molecular flexibility index (Phi) is 5.95. The molecule has 1 N–H and O–H groups in total. The second-order valence-corrected chi connectivity index (χ2v) is 3.44. The lowest BCUT2D eigenvalue weighted by atomic mass is 10.3. The summed E-state index contributed by atoms with van der Waals surface area (Å²) in [6.45, 7) is 3.49. The first-order chi connectivity index (χ1) is 9.58. The number of hydrogen-bond donors (Lipinski definition) is 1. The minimum absolute atomic E-state index is 0.125. The Hall–Kier alpha value is -2.64. The molecule has 0 spiro atoms. The molecule has 0 fully saturated rings. The predicted octanol–water partition coefficient (Wildman–Crippen LogP) is 0.137. The minimum atomic E-state index is -0.815. The van der Waals surface area contributed by atoms with E-state index in [2.05, 4.69) is 10.4 Å². The van der Waals surface area contributed by atoms with Gasteiger partial charge in [-0.25, -0.2) is 9.59 Å². The second-order valence-electron chi connectivity index (χ2n) is 3.44. The van der Waals surface area contributed by atoms with Gasteiger partial charge < -0.3 is 20.0 Å². The van der Waals surface area contributed by atoms with E-state index in [0.29, 0.717) is 4.85 Å². The van der Waals surface area contributed by atoms with Crippen LogP contribution in [0.2, 0.25) is 0 Å². The Bertz CT molecular complexity index is 496. The zero-order valence-electron chi connectivity index (χ0n) is 11.2. The lowest BCUT2D eigenvalue weighted by Gasteiger charge is -2.06. The van der Waals surface area contributed by atoms with Crippen LogP contribution < -0.4 is 10.2 Å². The van der Waals surface area contributed by atoms with Gasteiger partial charge in [0.1, 0.15) is 0 Å². The second kappa shape index (κ2) is 7.72. The van der Waals surface area contributed by atoms with E-state index in [1.807, 2.05) is 0 Å². The zero-order valence-corrected chi connectivity index (χ0v) is 11.2. The van der Waals surface area contributed by atoms with Crippen molar-refractivity contribution in [2.24, 2.45) is 0 Å². The number of nitrogens with one attached hydrogen (secondary N) is 1. The standard InChI is InChI=1S/C12H15N3O5/c1-3-19-11(16)9(12(17)20-4-2)8-13-10-6-5-7-15(18)14-10/h5-8H,3-4H2,1-2H3,(H,13,14). The molecule has 1 heterocycles. The number of esters is 2. The van der Waals surface area contributed by atoms with Gasteiger partial charge in [-0.05, 0) is 19.9 Å². The molecule has 8 nitrogen and oxygen atoms in total. The molecule has 0 aromatic carbocycles. The SMILES string of the molecule is CCOC(=O)C(=CNc1ccc[n+]([O-])n1)C(=O)OCC. The van der Waals surface area contributed by atoms with Crippen LogP contribution in [0.4, 0.5) is 5.82 Å². The van der Waals surface area contributed by atoms with E-state index >= 15 is 0 Å². The number of hydrogen-bond acceptors (Lipinski definition) is 7. The molecule has 0 aliphatic carbocycles. The molecule has 0 saturated carbocycles. The van der Waals surface area contributed by atoms with Crippen LogP contribution in [0.1, 0.15) is 13.8 Å². The highest BCUT2D eigenvalue weighted by molar-refractivity contribution is 6.14. The molecule has 0 atom stereocenters. The number of ether oxygens (including phenoxy) is 2. The van der Waals surface area contributed by atoms with E-state index in [4.69, 9.17) is 9.47 Å². The summed E-state index contributed by atoms with van der Waals surface area (Å²) < 4.78 is 9.50. The van der Waals surface area contributed by atoms with Crippen LogP contribution in [0, 0.1) is 5.21 Å². The lowest BCUT2D eigenvalue weighted by Crippen LogP contribution is -2.30. The molecule has 20 heavy (non-hydrogen) atoms. The number of aromatic nitrogens is 2. The van der Waals surface area contributed by atoms with Crippen LogP contribution in [0.5, 0.6) is 0 Å². The molecule has 1 rings (SSSR count). The lowest BCUT2D eigenvalue weighted by molar-refractivity contribution is -0.667. The molecule has 1 aromatic rings. The molecule has 0 aliphatic rings. The summed E-state index contributed by atoms with van der Waals surface area (Å²) in [6.07, 6.45) is 2.30. The van der Waals surface area contributed by atoms with Gasteiger partial charge in [0.25, 0.3) is 0 Å². The quantitative estimate of drug-likeness (QED) is 0.197. The molecule has 8 heteroatoms. The van der Waals surface area contributed by atoms with E-state index in [0.717, 1.165) is 6.20 Å².